The van der Waals surface area contributed by atoms with Crippen molar-refractivity contribution in [1.82, 2.24) is 0 Å². The van der Waals surface area contributed by atoms with Gasteiger partial charge in [-0.1, -0.05) is 0 Å². The van der Waals surface area contributed by atoms with E-state index in [-0.39, 0.29) is 18.3 Å². The van der Waals surface area contributed by atoms with Crippen molar-refractivity contribution in [2.45, 2.75) is 12.8 Å². The second kappa shape index (κ2) is 8.33. The van der Waals surface area contributed by atoms with Gasteiger partial charge in [0.25, 0.3) is 0 Å². The summed E-state index contributed by atoms with van der Waals surface area (Å²) < 4.78 is 5.99. The zero-order valence-electron chi connectivity index (χ0n) is 9.53. The van der Waals surface area contributed by atoms with E-state index in [2.05, 4.69) is 21.2 Å². The lowest BCUT2D eigenvalue weighted by Gasteiger charge is -2.08. The maximum absolute atomic E-state index is 11.4. The van der Waals surface area contributed by atoms with Crippen LogP contribution in [0.15, 0.2) is 22.7 Å². The molecule has 0 aliphatic heterocycles. The minimum atomic E-state index is -0.0326. The summed E-state index contributed by atoms with van der Waals surface area (Å²) in [5.41, 5.74) is 6.05. The third-order valence-corrected chi connectivity index (χ3v) is 2.70. The highest BCUT2D eigenvalue weighted by atomic mass is 79.9. The minimum absolute atomic E-state index is 0. The predicted octanol–water partition coefficient (Wildman–Crippen LogP) is 2.56. The van der Waals surface area contributed by atoms with Crippen LogP contribution in [0.4, 0.5) is 5.69 Å². The molecule has 17 heavy (non-hydrogen) atoms. The van der Waals surface area contributed by atoms with Crippen LogP contribution in [0.25, 0.3) is 0 Å². The number of anilines is 1. The molecular formula is C11H16BrClN2O2. The van der Waals surface area contributed by atoms with Crippen LogP contribution in [0.1, 0.15) is 12.8 Å². The van der Waals surface area contributed by atoms with Crippen LogP contribution in [0, 0.1) is 0 Å². The molecule has 0 bridgehead atoms. The maximum atomic E-state index is 11.4. The van der Waals surface area contributed by atoms with Crippen LogP contribution in [-0.2, 0) is 4.79 Å². The molecule has 0 aliphatic rings. The Morgan fingerprint density at radius 2 is 2.24 bits per heavy atom. The predicted molar refractivity (Wildman–Crippen MR) is 74.9 cm³/mol. The first kappa shape index (κ1) is 16.2. The fourth-order valence-corrected chi connectivity index (χ4v) is 1.63. The second-order valence-electron chi connectivity index (χ2n) is 3.29. The van der Waals surface area contributed by atoms with Crippen molar-refractivity contribution in [2.75, 3.05) is 19.0 Å². The van der Waals surface area contributed by atoms with Gasteiger partial charge in [-0.3, -0.25) is 4.79 Å². The molecule has 3 N–H and O–H groups in total. The Hall–Kier alpha value is -0.780. The minimum Gasteiger partial charge on any atom is -0.495 e. The van der Waals surface area contributed by atoms with Crippen LogP contribution in [0.5, 0.6) is 5.75 Å². The summed E-state index contributed by atoms with van der Waals surface area (Å²) in [5, 5.41) is 2.78. The molecule has 0 fully saturated rings. The number of hydrogen-bond acceptors (Lipinski definition) is 3. The SMILES string of the molecule is COc1cc(NC(=O)CCCN)ccc1Br.Cl. The van der Waals surface area contributed by atoms with E-state index < -0.39 is 0 Å². The standard InChI is InChI=1S/C11H15BrN2O2.ClH/c1-16-10-7-8(4-5-9(10)12)14-11(15)3-2-6-13;/h4-5,7H,2-3,6,13H2,1H3,(H,14,15);1H. The molecule has 0 aromatic heterocycles. The Balaban J connectivity index is 0.00000256. The van der Waals surface area contributed by atoms with Crippen LogP contribution in [-0.4, -0.2) is 19.6 Å². The van der Waals surface area contributed by atoms with Gasteiger partial charge in [0.05, 0.1) is 11.6 Å². The molecule has 0 heterocycles. The average Bonchev–Trinajstić information content (AvgIpc) is 2.29. The summed E-state index contributed by atoms with van der Waals surface area (Å²) in [7, 11) is 1.58. The molecule has 0 aliphatic carbocycles. The molecule has 0 spiro atoms. The number of halogens is 2. The van der Waals surface area contributed by atoms with E-state index in [1.165, 1.54) is 0 Å². The van der Waals surface area contributed by atoms with Gasteiger partial charge in [0.1, 0.15) is 5.75 Å². The lowest BCUT2D eigenvalue weighted by Crippen LogP contribution is -2.13. The third kappa shape index (κ3) is 5.39. The van der Waals surface area contributed by atoms with Crippen LogP contribution < -0.4 is 15.8 Å². The van der Waals surface area contributed by atoms with E-state index in [0.29, 0.717) is 25.1 Å². The highest BCUT2D eigenvalue weighted by molar-refractivity contribution is 9.10. The van der Waals surface area contributed by atoms with Gasteiger partial charge in [-0.05, 0) is 41.0 Å². The van der Waals surface area contributed by atoms with E-state index in [1.54, 1.807) is 13.2 Å². The van der Waals surface area contributed by atoms with Crippen molar-refractivity contribution in [1.29, 1.82) is 0 Å². The summed E-state index contributed by atoms with van der Waals surface area (Å²) in [6.45, 7) is 0.525. The lowest BCUT2D eigenvalue weighted by atomic mass is 10.2. The normalized spacial score (nSPS) is 9.35. The van der Waals surface area contributed by atoms with Crippen LogP contribution in [0.2, 0.25) is 0 Å². The molecule has 1 rings (SSSR count). The molecule has 96 valence electrons. The molecule has 1 aromatic carbocycles. The van der Waals surface area contributed by atoms with Crippen LogP contribution in [0.3, 0.4) is 0 Å². The van der Waals surface area contributed by atoms with Gasteiger partial charge in [0.2, 0.25) is 5.91 Å². The Labute approximate surface area is 115 Å². The molecule has 1 aromatic rings. The van der Waals surface area contributed by atoms with Gasteiger partial charge < -0.3 is 15.8 Å². The zero-order chi connectivity index (χ0) is 12.0. The summed E-state index contributed by atoms with van der Waals surface area (Å²) in [5.74, 6) is 0.659. The van der Waals surface area contributed by atoms with Gasteiger partial charge in [-0.15, -0.1) is 12.4 Å². The number of carbonyl (C=O) groups is 1. The zero-order valence-corrected chi connectivity index (χ0v) is 11.9. The van der Waals surface area contributed by atoms with E-state index in [4.69, 9.17) is 10.5 Å². The first-order valence-corrected chi connectivity index (χ1v) is 5.80. The summed E-state index contributed by atoms with van der Waals surface area (Å²) in [6.07, 6.45) is 1.13. The van der Waals surface area contributed by atoms with Crippen LogP contribution >= 0.6 is 28.3 Å². The average molecular weight is 324 g/mol. The van der Waals surface area contributed by atoms with E-state index in [0.717, 1.165) is 10.2 Å². The lowest BCUT2D eigenvalue weighted by molar-refractivity contribution is -0.116. The smallest absolute Gasteiger partial charge is 0.224 e. The number of amides is 1. The molecular weight excluding hydrogens is 307 g/mol. The van der Waals surface area contributed by atoms with E-state index in [1.807, 2.05) is 12.1 Å². The molecule has 1 amide bonds. The van der Waals surface area contributed by atoms with Crippen molar-refractivity contribution in [2.24, 2.45) is 5.73 Å². The number of rotatable bonds is 5. The number of ether oxygens (including phenoxy) is 1. The first-order chi connectivity index (χ1) is 7.67. The van der Waals surface area contributed by atoms with Crippen molar-refractivity contribution in [3.63, 3.8) is 0 Å². The van der Waals surface area contributed by atoms with Crippen molar-refractivity contribution in [3.8, 4) is 5.75 Å². The number of carbonyl (C=O) groups excluding carboxylic acids is 1. The first-order valence-electron chi connectivity index (χ1n) is 5.01. The fourth-order valence-electron chi connectivity index (χ4n) is 1.22. The maximum Gasteiger partial charge on any atom is 0.224 e. The summed E-state index contributed by atoms with van der Waals surface area (Å²) in [4.78, 5) is 11.4. The van der Waals surface area contributed by atoms with Crippen molar-refractivity contribution in [3.05, 3.63) is 22.7 Å². The number of benzene rings is 1. The second-order valence-corrected chi connectivity index (χ2v) is 4.14. The highest BCUT2D eigenvalue weighted by Gasteiger charge is 2.04. The van der Waals surface area contributed by atoms with Gasteiger partial charge in [0, 0.05) is 18.2 Å². The fraction of sp³-hybridized carbons (Fsp3) is 0.364. The molecule has 0 unspecified atom stereocenters. The molecule has 0 saturated heterocycles. The van der Waals surface area contributed by atoms with Crippen molar-refractivity contribution < 1.29 is 9.53 Å². The van der Waals surface area contributed by atoms with Gasteiger partial charge in [0.15, 0.2) is 0 Å². The number of nitrogens with two attached hydrogens (primary N) is 1. The van der Waals surface area contributed by atoms with E-state index in [9.17, 15) is 4.79 Å². The molecule has 0 atom stereocenters. The number of nitrogens with one attached hydrogen (secondary N) is 1. The van der Waals surface area contributed by atoms with Gasteiger partial charge >= 0.3 is 0 Å². The highest BCUT2D eigenvalue weighted by Crippen LogP contribution is 2.27. The van der Waals surface area contributed by atoms with Crippen molar-refractivity contribution >= 4 is 39.9 Å². The molecule has 0 saturated carbocycles. The summed E-state index contributed by atoms with van der Waals surface area (Å²) >= 11 is 3.34. The quantitative estimate of drug-likeness (QED) is 0.875. The van der Waals surface area contributed by atoms with E-state index >= 15 is 0 Å². The Kier molecular flexibility index (Phi) is 7.95. The summed E-state index contributed by atoms with van der Waals surface area (Å²) in [6, 6.07) is 5.41. The Bertz CT molecular complexity index is 374. The number of methoxy groups -OCH3 is 1. The monoisotopic (exact) mass is 322 g/mol. The molecule has 0 radical (unpaired) electrons. The largest absolute Gasteiger partial charge is 0.495 e. The van der Waals surface area contributed by atoms with Gasteiger partial charge in [-0.25, -0.2) is 0 Å². The third-order valence-electron chi connectivity index (χ3n) is 2.04. The molecule has 6 heteroatoms. The Morgan fingerprint density at radius 1 is 1.53 bits per heavy atom. The van der Waals surface area contributed by atoms with Gasteiger partial charge in [-0.2, -0.15) is 0 Å². The number of hydrogen-bond donors (Lipinski definition) is 2. The molecule has 4 nitrogen and oxygen atoms in total. The topological polar surface area (TPSA) is 64.3 Å². The Morgan fingerprint density at radius 3 is 2.82 bits per heavy atom.